The summed E-state index contributed by atoms with van der Waals surface area (Å²) in [5, 5.41) is 10.5. The molecule has 0 unspecified atom stereocenters. The number of aryl methyl sites for hydroxylation is 1. The van der Waals surface area contributed by atoms with Crippen molar-refractivity contribution < 1.29 is 14.3 Å². The lowest BCUT2D eigenvalue weighted by Crippen LogP contribution is -1.87. The minimum absolute atomic E-state index is 0.0950. The molecular weight excluding hydrogens is 376 g/mol. The Labute approximate surface area is 166 Å². The Kier molecular flexibility index (Phi) is 4.75. The molecule has 140 valence electrons. The summed E-state index contributed by atoms with van der Waals surface area (Å²) in [6, 6.07) is 16.2. The Morgan fingerprint density at radius 3 is 2.79 bits per heavy atom. The van der Waals surface area contributed by atoms with Gasteiger partial charge in [0.25, 0.3) is 0 Å². The highest BCUT2D eigenvalue weighted by atomic mass is 35.5. The molecule has 6 heteroatoms. The van der Waals surface area contributed by atoms with Crippen LogP contribution >= 0.6 is 11.6 Å². The van der Waals surface area contributed by atoms with Crippen molar-refractivity contribution in [1.82, 2.24) is 4.98 Å². The normalized spacial score (nSPS) is 11.4. The summed E-state index contributed by atoms with van der Waals surface area (Å²) in [6.07, 6.45) is 1.54. The molecule has 0 amide bonds. The maximum Gasteiger partial charge on any atom is 0.227 e. The average molecular weight is 393 g/mol. The van der Waals surface area contributed by atoms with E-state index < -0.39 is 0 Å². The quantitative estimate of drug-likeness (QED) is 0.437. The number of oxazole rings is 1. The first-order valence-corrected chi connectivity index (χ1v) is 8.99. The van der Waals surface area contributed by atoms with E-state index in [1.165, 1.54) is 12.3 Å². The second kappa shape index (κ2) is 7.37. The Hall–Kier alpha value is -3.31. The maximum atomic E-state index is 9.97. The van der Waals surface area contributed by atoms with E-state index in [1.807, 2.05) is 37.3 Å². The van der Waals surface area contributed by atoms with Crippen LogP contribution in [0.25, 0.3) is 22.6 Å². The van der Waals surface area contributed by atoms with Crippen molar-refractivity contribution in [3.05, 3.63) is 70.7 Å². The van der Waals surface area contributed by atoms with Crippen LogP contribution < -0.4 is 4.74 Å². The van der Waals surface area contributed by atoms with E-state index in [4.69, 9.17) is 20.8 Å². The number of fused-ring (bicyclic) bond motifs is 1. The van der Waals surface area contributed by atoms with Crippen molar-refractivity contribution >= 4 is 34.6 Å². The predicted molar refractivity (Wildman–Crippen MR) is 111 cm³/mol. The maximum absolute atomic E-state index is 9.97. The number of aliphatic imine (C=N–C) groups is 1. The second-order valence-electron chi connectivity index (χ2n) is 6.34. The highest BCUT2D eigenvalue weighted by Crippen LogP contribution is 2.34. The molecule has 4 aromatic rings. The third-order valence-corrected chi connectivity index (χ3v) is 4.54. The molecule has 4 rings (SSSR count). The summed E-state index contributed by atoms with van der Waals surface area (Å²) in [4.78, 5) is 9.03. The van der Waals surface area contributed by atoms with Gasteiger partial charge in [-0.1, -0.05) is 17.7 Å². The van der Waals surface area contributed by atoms with Crippen molar-refractivity contribution in [2.24, 2.45) is 4.99 Å². The molecule has 0 atom stereocenters. The molecule has 0 aliphatic rings. The summed E-state index contributed by atoms with van der Waals surface area (Å²) in [5.41, 5.74) is 4.52. The lowest BCUT2D eigenvalue weighted by Gasteiger charge is -2.06. The van der Waals surface area contributed by atoms with Gasteiger partial charge in [-0.25, -0.2) is 4.98 Å². The summed E-state index contributed by atoms with van der Waals surface area (Å²) < 4.78 is 11.3. The number of methoxy groups -OCH3 is 1. The standard InChI is InChI=1S/C22H17ClN2O3/c1-13-3-7-21-18(9-13)25-22(28-21)14-4-8-20(27-2)17(11-14)24-12-15-10-16(23)5-6-19(15)26/h3-12,26H,1-2H3. The molecule has 3 aromatic carbocycles. The number of aromatic hydroxyl groups is 1. The fraction of sp³-hybridized carbons (Fsp3) is 0.0909. The zero-order valence-corrected chi connectivity index (χ0v) is 16.1. The highest BCUT2D eigenvalue weighted by molar-refractivity contribution is 6.30. The van der Waals surface area contributed by atoms with Gasteiger partial charge in [0.15, 0.2) is 5.58 Å². The van der Waals surface area contributed by atoms with Crippen LogP contribution in [0.1, 0.15) is 11.1 Å². The number of phenols is 1. The molecule has 1 N–H and O–H groups in total. The Morgan fingerprint density at radius 1 is 1.11 bits per heavy atom. The first kappa shape index (κ1) is 18.1. The number of hydrogen-bond acceptors (Lipinski definition) is 5. The molecule has 0 aliphatic carbocycles. The molecule has 0 radical (unpaired) electrons. The molecule has 0 bridgehead atoms. The van der Waals surface area contributed by atoms with E-state index in [2.05, 4.69) is 9.98 Å². The number of nitrogens with zero attached hydrogens (tertiary/aromatic N) is 2. The van der Waals surface area contributed by atoms with Crippen LogP contribution in [0.15, 0.2) is 64.0 Å². The SMILES string of the molecule is COc1ccc(-c2nc3cc(C)ccc3o2)cc1N=Cc1cc(Cl)ccc1O. The molecule has 0 fully saturated rings. The van der Waals surface area contributed by atoms with Crippen molar-refractivity contribution in [1.29, 1.82) is 0 Å². The lowest BCUT2D eigenvalue weighted by molar-refractivity contribution is 0.416. The molecule has 0 spiro atoms. The van der Waals surface area contributed by atoms with Gasteiger partial charge in [0, 0.05) is 22.4 Å². The van der Waals surface area contributed by atoms with Crippen LogP contribution in [-0.2, 0) is 0 Å². The van der Waals surface area contributed by atoms with Crippen LogP contribution in [0.2, 0.25) is 5.02 Å². The minimum atomic E-state index is 0.0950. The van der Waals surface area contributed by atoms with Gasteiger partial charge in [-0.05, 0) is 61.0 Å². The smallest absolute Gasteiger partial charge is 0.227 e. The number of benzene rings is 3. The van der Waals surface area contributed by atoms with Gasteiger partial charge < -0.3 is 14.3 Å². The van der Waals surface area contributed by atoms with Gasteiger partial charge in [-0.2, -0.15) is 0 Å². The van der Waals surface area contributed by atoms with Crippen molar-refractivity contribution in [3.8, 4) is 23.0 Å². The van der Waals surface area contributed by atoms with E-state index in [0.29, 0.717) is 27.9 Å². The van der Waals surface area contributed by atoms with E-state index in [9.17, 15) is 5.11 Å². The van der Waals surface area contributed by atoms with E-state index >= 15 is 0 Å². The zero-order valence-electron chi connectivity index (χ0n) is 15.3. The van der Waals surface area contributed by atoms with Crippen molar-refractivity contribution in [3.63, 3.8) is 0 Å². The van der Waals surface area contributed by atoms with Crippen molar-refractivity contribution in [2.75, 3.05) is 7.11 Å². The van der Waals surface area contributed by atoms with Crippen LogP contribution in [0, 0.1) is 6.92 Å². The molecule has 28 heavy (non-hydrogen) atoms. The largest absolute Gasteiger partial charge is 0.507 e. The second-order valence-corrected chi connectivity index (χ2v) is 6.77. The third kappa shape index (κ3) is 3.57. The minimum Gasteiger partial charge on any atom is -0.507 e. The highest BCUT2D eigenvalue weighted by Gasteiger charge is 2.11. The van der Waals surface area contributed by atoms with Gasteiger partial charge >= 0.3 is 0 Å². The zero-order chi connectivity index (χ0) is 19.7. The fourth-order valence-corrected chi connectivity index (χ4v) is 3.03. The first-order valence-electron chi connectivity index (χ1n) is 8.62. The molecule has 0 aliphatic heterocycles. The number of hydrogen-bond donors (Lipinski definition) is 1. The Bertz CT molecular complexity index is 1200. The van der Waals surface area contributed by atoms with Crippen LogP contribution in [-0.4, -0.2) is 23.4 Å². The van der Waals surface area contributed by atoms with Gasteiger partial charge in [-0.3, -0.25) is 4.99 Å². The van der Waals surface area contributed by atoms with Gasteiger partial charge in [-0.15, -0.1) is 0 Å². The molecule has 0 saturated heterocycles. The van der Waals surface area contributed by atoms with Crippen LogP contribution in [0.4, 0.5) is 5.69 Å². The number of rotatable bonds is 4. The van der Waals surface area contributed by atoms with E-state index in [1.54, 1.807) is 25.3 Å². The number of aromatic nitrogens is 1. The monoisotopic (exact) mass is 392 g/mol. The van der Waals surface area contributed by atoms with Gasteiger partial charge in [0.1, 0.15) is 22.7 Å². The predicted octanol–water partition coefficient (Wildman–Crippen LogP) is 5.92. The third-order valence-electron chi connectivity index (χ3n) is 4.30. The van der Waals surface area contributed by atoms with E-state index in [-0.39, 0.29) is 5.75 Å². The first-order chi connectivity index (χ1) is 13.5. The number of ether oxygens (including phenoxy) is 1. The number of halogens is 1. The van der Waals surface area contributed by atoms with E-state index in [0.717, 1.165) is 22.2 Å². The van der Waals surface area contributed by atoms with Crippen LogP contribution in [0.3, 0.4) is 0 Å². The molecular formula is C22H17ClN2O3. The summed E-state index contributed by atoms with van der Waals surface area (Å²) in [7, 11) is 1.58. The number of phenolic OH excluding ortho intramolecular Hbond substituents is 1. The summed E-state index contributed by atoms with van der Waals surface area (Å²) in [5.74, 6) is 1.19. The Morgan fingerprint density at radius 2 is 1.96 bits per heavy atom. The topological polar surface area (TPSA) is 67.9 Å². The molecule has 5 nitrogen and oxygen atoms in total. The lowest BCUT2D eigenvalue weighted by atomic mass is 10.1. The molecule has 1 aromatic heterocycles. The Balaban J connectivity index is 1.74. The van der Waals surface area contributed by atoms with Crippen LogP contribution in [0.5, 0.6) is 11.5 Å². The van der Waals surface area contributed by atoms with Gasteiger partial charge in [0.05, 0.1) is 7.11 Å². The van der Waals surface area contributed by atoms with Gasteiger partial charge in [0.2, 0.25) is 5.89 Å². The molecule has 1 heterocycles. The summed E-state index contributed by atoms with van der Waals surface area (Å²) >= 11 is 5.99. The summed E-state index contributed by atoms with van der Waals surface area (Å²) in [6.45, 7) is 2.01. The average Bonchev–Trinajstić information content (AvgIpc) is 3.11. The molecule has 0 saturated carbocycles. The fourth-order valence-electron chi connectivity index (χ4n) is 2.85. The van der Waals surface area contributed by atoms with Crippen molar-refractivity contribution in [2.45, 2.75) is 6.92 Å².